The van der Waals surface area contributed by atoms with Gasteiger partial charge >= 0.3 is 0 Å². The lowest BCUT2D eigenvalue weighted by atomic mass is 9.89. The quantitative estimate of drug-likeness (QED) is 0.865. The highest BCUT2D eigenvalue weighted by Gasteiger charge is 2.21. The summed E-state index contributed by atoms with van der Waals surface area (Å²) in [7, 11) is 0. The Labute approximate surface area is 158 Å². The zero-order valence-corrected chi connectivity index (χ0v) is 15.1. The van der Waals surface area contributed by atoms with E-state index in [2.05, 4.69) is 5.32 Å². The van der Waals surface area contributed by atoms with Crippen LogP contribution in [0.1, 0.15) is 36.5 Å². The molecule has 142 valence electrons. The van der Waals surface area contributed by atoms with Gasteiger partial charge in [0.2, 0.25) is 0 Å². The van der Waals surface area contributed by atoms with Crippen molar-refractivity contribution in [3.05, 3.63) is 47.5 Å². The fourth-order valence-electron chi connectivity index (χ4n) is 3.51. The second-order valence-electron chi connectivity index (χ2n) is 6.78. The van der Waals surface area contributed by atoms with Gasteiger partial charge in [-0.05, 0) is 48.6 Å². The van der Waals surface area contributed by atoms with Crippen molar-refractivity contribution in [3.8, 4) is 17.2 Å². The first-order chi connectivity index (χ1) is 13.2. The van der Waals surface area contributed by atoms with E-state index in [1.165, 1.54) is 0 Å². The minimum absolute atomic E-state index is 0.0962. The van der Waals surface area contributed by atoms with Crippen molar-refractivity contribution in [2.75, 3.05) is 25.1 Å². The fraction of sp³-hybridized carbons (Fsp3) is 0.381. The molecule has 1 atom stereocenters. The van der Waals surface area contributed by atoms with Crippen LogP contribution in [0, 0.1) is 0 Å². The van der Waals surface area contributed by atoms with Gasteiger partial charge in [-0.2, -0.15) is 0 Å². The molecule has 2 aromatic rings. The van der Waals surface area contributed by atoms with Crippen LogP contribution in [0.3, 0.4) is 0 Å². The predicted octanol–water partition coefficient (Wildman–Crippen LogP) is 3.24. The minimum atomic E-state index is -0.451. The number of carbonyl (C=O) groups excluding carboxylic acids is 1. The molecule has 6 heteroatoms. The Morgan fingerprint density at radius 2 is 2.00 bits per heavy atom. The maximum Gasteiger partial charge on any atom is 0.262 e. The third-order valence-electron chi connectivity index (χ3n) is 4.82. The third-order valence-corrected chi connectivity index (χ3v) is 4.82. The van der Waals surface area contributed by atoms with Crippen LogP contribution in [-0.4, -0.2) is 30.8 Å². The van der Waals surface area contributed by atoms with Crippen LogP contribution in [0.5, 0.6) is 17.2 Å². The Kier molecular flexibility index (Phi) is 5.16. The zero-order valence-electron chi connectivity index (χ0n) is 15.1. The van der Waals surface area contributed by atoms with Gasteiger partial charge in [0.1, 0.15) is 5.75 Å². The van der Waals surface area contributed by atoms with E-state index < -0.39 is 6.10 Å². The molecule has 1 heterocycles. The molecule has 1 amide bonds. The van der Waals surface area contributed by atoms with Crippen LogP contribution in [0.25, 0.3) is 0 Å². The molecule has 0 saturated heterocycles. The summed E-state index contributed by atoms with van der Waals surface area (Å²) in [6.07, 6.45) is 2.92. The number of aliphatic hydroxyl groups excluding tert-OH is 1. The second-order valence-corrected chi connectivity index (χ2v) is 6.78. The van der Waals surface area contributed by atoms with Gasteiger partial charge < -0.3 is 24.6 Å². The SMILES string of the molecule is O=C(COc1cccc2c1CCC[C@@H]2O)Nc1ccc2c(c1)OCCCO2. The van der Waals surface area contributed by atoms with Gasteiger partial charge in [0.15, 0.2) is 18.1 Å². The molecule has 0 unspecified atom stereocenters. The van der Waals surface area contributed by atoms with Crippen LogP contribution < -0.4 is 19.5 Å². The predicted molar refractivity (Wildman–Crippen MR) is 101 cm³/mol. The van der Waals surface area contributed by atoms with Crippen molar-refractivity contribution in [1.82, 2.24) is 0 Å². The van der Waals surface area contributed by atoms with Crippen molar-refractivity contribution in [2.24, 2.45) is 0 Å². The number of hydrogen-bond acceptors (Lipinski definition) is 5. The summed E-state index contributed by atoms with van der Waals surface area (Å²) < 4.78 is 17.0. The lowest BCUT2D eigenvalue weighted by Gasteiger charge is -2.23. The zero-order chi connectivity index (χ0) is 18.6. The van der Waals surface area contributed by atoms with Gasteiger partial charge in [-0.15, -0.1) is 0 Å². The summed E-state index contributed by atoms with van der Waals surface area (Å²) >= 11 is 0. The van der Waals surface area contributed by atoms with E-state index >= 15 is 0 Å². The van der Waals surface area contributed by atoms with E-state index in [4.69, 9.17) is 14.2 Å². The van der Waals surface area contributed by atoms with Crippen LogP contribution in [0.15, 0.2) is 36.4 Å². The summed E-state index contributed by atoms with van der Waals surface area (Å²) in [5.41, 5.74) is 2.54. The average Bonchev–Trinajstić information content (AvgIpc) is 2.92. The number of anilines is 1. The number of aliphatic hydroxyl groups is 1. The highest BCUT2D eigenvalue weighted by atomic mass is 16.5. The van der Waals surface area contributed by atoms with Crippen LogP contribution in [0.4, 0.5) is 5.69 Å². The number of carbonyl (C=O) groups is 1. The summed E-state index contributed by atoms with van der Waals surface area (Å²) in [5.74, 6) is 1.74. The fourth-order valence-corrected chi connectivity index (χ4v) is 3.51. The molecule has 6 nitrogen and oxygen atoms in total. The van der Waals surface area contributed by atoms with Crippen molar-refractivity contribution in [3.63, 3.8) is 0 Å². The van der Waals surface area contributed by atoms with E-state index in [-0.39, 0.29) is 12.5 Å². The first-order valence-electron chi connectivity index (χ1n) is 9.33. The van der Waals surface area contributed by atoms with E-state index in [1.54, 1.807) is 18.2 Å². The van der Waals surface area contributed by atoms with Gasteiger partial charge in [0.25, 0.3) is 5.91 Å². The molecule has 2 aliphatic rings. The normalized spacial score (nSPS) is 18.2. The number of benzene rings is 2. The monoisotopic (exact) mass is 369 g/mol. The molecule has 0 radical (unpaired) electrons. The first-order valence-corrected chi connectivity index (χ1v) is 9.33. The highest BCUT2D eigenvalue weighted by Crippen LogP contribution is 2.35. The van der Waals surface area contributed by atoms with Crippen molar-refractivity contribution < 1.29 is 24.1 Å². The van der Waals surface area contributed by atoms with Crippen molar-refractivity contribution >= 4 is 11.6 Å². The largest absolute Gasteiger partial charge is 0.490 e. The summed E-state index contributed by atoms with van der Waals surface area (Å²) in [6, 6.07) is 11.0. The molecule has 0 spiro atoms. The number of fused-ring (bicyclic) bond motifs is 2. The Balaban J connectivity index is 1.39. The van der Waals surface area contributed by atoms with Gasteiger partial charge in [0, 0.05) is 18.2 Å². The Hall–Kier alpha value is -2.73. The van der Waals surface area contributed by atoms with Crippen LogP contribution >= 0.6 is 0 Å². The number of nitrogens with one attached hydrogen (secondary N) is 1. The molecule has 0 aromatic heterocycles. The van der Waals surface area contributed by atoms with Gasteiger partial charge in [-0.1, -0.05) is 12.1 Å². The lowest BCUT2D eigenvalue weighted by Crippen LogP contribution is -2.21. The molecule has 1 aliphatic heterocycles. The molecule has 0 fully saturated rings. The lowest BCUT2D eigenvalue weighted by molar-refractivity contribution is -0.118. The van der Waals surface area contributed by atoms with Gasteiger partial charge in [0.05, 0.1) is 19.3 Å². The number of amides is 1. The maximum atomic E-state index is 12.3. The second kappa shape index (κ2) is 7.88. The Morgan fingerprint density at radius 1 is 1.15 bits per heavy atom. The van der Waals surface area contributed by atoms with Crippen molar-refractivity contribution in [1.29, 1.82) is 0 Å². The molecule has 2 N–H and O–H groups in total. The molecular weight excluding hydrogens is 346 g/mol. The van der Waals surface area contributed by atoms with E-state index in [9.17, 15) is 9.90 Å². The van der Waals surface area contributed by atoms with E-state index in [0.717, 1.165) is 36.8 Å². The van der Waals surface area contributed by atoms with E-state index in [1.807, 2.05) is 18.2 Å². The van der Waals surface area contributed by atoms with Gasteiger partial charge in [-0.25, -0.2) is 0 Å². The molecule has 27 heavy (non-hydrogen) atoms. The number of rotatable bonds is 4. The summed E-state index contributed by atoms with van der Waals surface area (Å²) in [5, 5.41) is 12.9. The molecule has 0 bridgehead atoms. The summed E-state index contributed by atoms with van der Waals surface area (Å²) in [4.78, 5) is 12.3. The smallest absolute Gasteiger partial charge is 0.262 e. The molecule has 2 aromatic carbocycles. The minimum Gasteiger partial charge on any atom is -0.490 e. The maximum absolute atomic E-state index is 12.3. The molecule has 1 aliphatic carbocycles. The third kappa shape index (κ3) is 4.01. The van der Waals surface area contributed by atoms with Crippen LogP contribution in [-0.2, 0) is 11.2 Å². The van der Waals surface area contributed by atoms with Gasteiger partial charge in [-0.3, -0.25) is 4.79 Å². The molecular formula is C21H23NO5. The molecule has 4 rings (SSSR count). The number of hydrogen-bond donors (Lipinski definition) is 2. The van der Waals surface area contributed by atoms with Crippen molar-refractivity contribution in [2.45, 2.75) is 31.8 Å². The highest BCUT2D eigenvalue weighted by molar-refractivity contribution is 5.92. The Morgan fingerprint density at radius 3 is 2.89 bits per heavy atom. The summed E-state index contributed by atoms with van der Waals surface area (Å²) in [6.45, 7) is 1.13. The first kappa shape index (κ1) is 17.7. The standard InChI is InChI=1S/C21H23NO5/c23-17-6-1-5-16-15(17)4-2-7-18(16)27-13-21(24)22-14-8-9-19-20(12-14)26-11-3-10-25-19/h2,4,7-9,12,17,23H,1,3,5-6,10-11,13H2,(H,22,24)/t17-/m0/s1. The Bertz CT molecular complexity index is 835. The average molecular weight is 369 g/mol. The molecule has 0 saturated carbocycles. The number of ether oxygens (including phenoxy) is 3. The van der Waals surface area contributed by atoms with E-state index in [0.29, 0.717) is 36.1 Å². The van der Waals surface area contributed by atoms with Crippen LogP contribution in [0.2, 0.25) is 0 Å². The topological polar surface area (TPSA) is 77.0 Å².